The number of halogens is 2. The first kappa shape index (κ1) is 22.8. The summed E-state index contributed by atoms with van der Waals surface area (Å²) in [6.07, 6.45) is 1.68. The zero-order valence-corrected chi connectivity index (χ0v) is 18.3. The molecule has 0 unspecified atom stereocenters. The van der Waals surface area contributed by atoms with E-state index in [1.165, 1.54) is 6.07 Å². The van der Waals surface area contributed by atoms with Gasteiger partial charge in [-0.15, -0.1) is 0 Å². The number of rotatable bonds is 7. The molecule has 4 rings (SSSR count). The summed E-state index contributed by atoms with van der Waals surface area (Å²) in [6.45, 7) is 2.39. The van der Waals surface area contributed by atoms with Gasteiger partial charge in [-0.25, -0.2) is 13.6 Å². The van der Waals surface area contributed by atoms with Crippen molar-refractivity contribution in [2.24, 2.45) is 0 Å². The van der Waals surface area contributed by atoms with Gasteiger partial charge in [0.05, 0.1) is 24.0 Å². The highest BCUT2D eigenvalue weighted by Crippen LogP contribution is 2.29. The molecule has 2 heterocycles. The maximum Gasteiger partial charge on any atom is 0.319 e. The third-order valence-corrected chi connectivity index (χ3v) is 5.80. The van der Waals surface area contributed by atoms with Crippen molar-refractivity contribution in [2.75, 3.05) is 38.7 Å². The Hall–Kier alpha value is -3.36. The Labute approximate surface area is 191 Å². The van der Waals surface area contributed by atoms with E-state index >= 15 is 0 Å². The number of anilines is 1. The number of hydrogen-bond donors (Lipinski definition) is 2. The maximum atomic E-state index is 13.9. The summed E-state index contributed by atoms with van der Waals surface area (Å²) in [5, 5.41) is 5.92. The number of ether oxygens (including phenoxy) is 1. The number of carbonyl (C=O) groups is 1. The van der Waals surface area contributed by atoms with E-state index in [9.17, 15) is 13.6 Å². The van der Waals surface area contributed by atoms with Gasteiger partial charge in [0, 0.05) is 44.4 Å². The van der Waals surface area contributed by atoms with Crippen molar-refractivity contribution < 1.29 is 18.3 Å². The van der Waals surface area contributed by atoms with Crippen molar-refractivity contribution >= 4 is 11.7 Å². The van der Waals surface area contributed by atoms with Crippen molar-refractivity contribution in [3.63, 3.8) is 0 Å². The summed E-state index contributed by atoms with van der Waals surface area (Å²) in [5.41, 5.74) is 2.78. The van der Waals surface area contributed by atoms with Crippen molar-refractivity contribution in [1.82, 2.24) is 15.2 Å². The van der Waals surface area contributed by atoms with Crippen LogP contribution in [0.2, 0.25) is 0 Å². The van der Waals surface area contributed by atoms with Gasteiger partial charge in [-0.05, 0) is 29.8 Å². The fourth-order valence-corrected chi connectivity index (χ4v) is 4.17. The van der Waals surface area contributed by atoms with E-state index in [1.807, 2.05) is 30.3 Å². The van der Waals surface area contributed by atoms with Gasteiger partial charge in [-0.1, -0.05) is 36.4 Å². The number of pyridine rings is 1. The molecule has 2 atom stereocenters. The molecule has 2 aromatic carbocycles. The van der Waals surface area contributed by atoms with Crippen molar-refractivity contribution in [2.45, 2.75) is 12.0 Å². The summed E-state index contributed by atoms with van der Waals surface area (Å²) in [5.74, 6) is -1.97. The van der Waals surface area contributed by atoms with Crippen LogP contribution in [0.3, 0.4) is 0 Å². The fraction of sp³-hybridized carbons (Fsp3) is 0.280. The maximum absolute atomic E-state index is 13.9. The number of carbonyl (C=O) groups excluding carboxylic acids is 1. The van der Waals surface area contributed by atoms with Gasteiger partial charge >= 0.3 is 6.03 Å². The molecule has 0 spiro atoms. The topological polar surface area (TPSA) is 66.5 Å². The number of likely N-dealkylation sites (tertiary alicyclic amines) is 1. The molecule has 0 aliphatic carbocycles. The van der Waals surface area contributed by atoms with E-state index in [0.29, 0.717) is 43.2 Å². The van der Waals surface area contributed by atoms with Crippen LogP contribution in [-0.4, -0.2) is 55.3 Å². The van der Waals surface area contributed by atoms with Gasteiger partial charge in [-0.3, -0.25) is 9.88 Å². The lowest BCUT2D eigenvalue weighted by Gasteiger charge is -2.21. The molecule has 33 heavy (non-hydrogen) atoms. The number of nitrogens with zero attached hydrogens (tertiary/aromatic N) is 2. The number of urea groups is 1. The molecule has 0 radical (unpaired) electrons. The molecule has 2 amide bonds. The Kier molecular flexibility index (Phi) is 7.26. The molecule has 1 aliphatic rings. The van der Waals surface area contributed by atoms with E-state index in [0.717, 1.165) is 11.6 Å². The van der Waals surface area contributed by atoms with Crippen LogP contribution in [0.4, 0.5) is 19.3 Å². The number of amides is 2. The van der Waals surface area contributed by atoms with Crippen LogP contribution in [0.25, 0.3) is 11.3 Å². The molecule has 1 aliphatic heterocycles. The van der Waals surface area contributed by atoms with Gasteiger partial charge in [0.15, 0.2) is 11.6 Å². The number of aromatic nitrogens is 1. The normalized spacial score (nSPS) is 18.3. The van der Waals surface area contributed by atoms with E-state index in [1.54, 1.807) is 31.5 Å². The Morgan fingerprint density at radius 2 is 1.91 bits per heavy atom. The molecule has 0 saturated carbocycles. The molecule has 2 N–H and O–H groups in total. The minimum atomic E-state index is -0.895. The second-order valence-corrected chi connectivity index (χ2v) is 8.00. The molecule has 8 heteroatoms. The number of methoxy groups -OCH3 is 1. The van der Waals surface area contributed by atoms with Gasteiger partial charge in [0.2, 0.25) is 0 Å². The largest absolute Gasteiger partial charge is 0.383 e. The zero-order chi connectivity index (χ0) is 23.2. The summed E-state index contributed by atoms with van der Waals surface area (Å²) >= 11 is 0. The van der Waals surface area contributed by atoms with Gasteiger partial charge < -0.3 is 15.4 Å². The Balaban J connectivity index is 1.51. The highest BCUT2D eigenvalue weighted by atomic mass is 19.2. The van der Waals surface area contributed by atoms with Crippen LogP contribution in [0.1, 0.15) is 11.5 Å². The second kappa shape index (κ2) is 10.5. The van der Waals surface area contributed by atoms with Crippen molar-refractivity contribution in [3.05, 3.63) is 84.1 Å². The lowest BCUT2D eigenvalue weighted by atomic mass is 9.94. The highest BCUT2D eigenvalue weighted by Gasteiger charge is 2.35. The van der Waals surface area contributed by atoms with E-state index in [-0.39, 0.29) is 18.0 Å². The zero-order valence-electron chi connectivity index (χ0n) is 18.3. The van der Waals surface area contributed by atoms with Gasteiger partial charge in [0.1, 0.15) is 0 Å². The van der Waals surface area contributed by atoms with E-state index in [4.69, 9.17) is 4.74 Å². The van der Waals surface area contributed by atoms with E-state index in [2.05, 4.69) is 20.5 Å². The fourth-order valence-electron chi connectivity index (χ4n) is 4.17. The first-order valence-corrected chi connectivity index (χ1v) is 10.8. The molecule has 3 aromatic rings. The second-order valence-electron chi connectivity index (χ2n) is 8.00. The first-order valence-electron chi connectivity index (χ1n) is 10.8. The summed E-state index contributed by atoms with van der Waals surface area (Å²) < 4.78 is 32.5. The number of nitrogens with one attached hydrogen (secondary N) is 2. The average molecular weight is 453 g/mol. The lowest BCUT2D eigenvalue weighted by molar-refractivity contribution is 0.159. The average Bonchev–Trinajstić information content (AvgIpc) is 3.22. The molecule has 6 nitrogen and oxygen atoms in total. The SMILES string of the molecule is COCCN1C[C@@H](NC(=O)Nc2cccnc2-c2ccccc2)[C@H](c2ccc(F)c(F)c2)C1. The third-order valence-electron chi connectivity index (χ3n) is 5.80. The third kappa shape index (κ3) is 5.53. The van der Waals surface area contributed by atoms with Gasteiger partial charge in [0.25, 0.3) is 0 Å². The molecule has 1 fully saturated rings. The quantitative estimate of drug-likeness (QED) is 0.562. The minimum absolute atomic E-state index is 0.190. The first-order chi connectivity index (χ1) is 16.0. The predicted octanol–water partition coefficient (Wildman–Crippen LogP) is 4.26. The molecule has 172 valence electrons. The highest BCUT2D eigenvalue weighted by molar-refractivity contribution is 5.93. The van der Waals surface area contributed by atoms with E-state index < -0.39 is 11.6 Å². The minimum Gasteiger partial charge on any atom is -0.383 e. The number of hydrogen-bond acceptors (Lipinski definition) is 4. The molecule has 1 aromatic heterocycles. The van der Waals surface area contributed by atoms with Crippen LogP contribution in [0, 0.1) is 11.6 Å². The standard InChI is InChI=1S/C25H26F2N4O2/c1-33-13-12-31-15-19(18-9-10-20(26)21(27)14-18)23(16-31)30-25(32)29-22-8-5-11-28-24(22)17-6-3-2-4-7-17/h2-11,14,19,23H,12-13,15-16H2,1H3,(H2,29,30,32)/t19-,23+/m0/s1. The van der Waals surface area contributed by atoms with Crippen molar-refractivity contribution in [3.8, 4) is 11.3 Å². The van der Waals surface area contributed by atoms with Gasteiger partial charge in [-0.2, -0.15) is 0 Å². The van der Waals surface area contributed by atoms with Crippen LogP contribution in [-0.2, 0) is 4.74 Å². The van der Waals surface area contributed by atoms with Crippen LogP contribution in [0.15, 0.2) is 66.9 Å². The molecule has 0 bridgehead atoms. The van der Waals surface area contributed by atoms with Crippen LogP contribution < -0.4 is 10.6 Å². The number of benzene rings is 2. The summed E-state index contributed by atoms with van der Waals surface area (Å²) in [7, 11) is 1.63. The van der Waals surface area contributed by atoms with Crippen molar-refractivity contribution in [1.29, 1.82) is 0 Å². The summed E-state index contributed by atoms with van der Waals surface area (Å²) in [6, 6.07) is 16.4. The summed E-state index contributed by atoms with van der Waals surface area (Å²) in [4.78, 5) is 19.5. The predicted molar refractivity (Wildman–Crippen MR) is 123 cm³/mol. The molecular weight excluding hydrogens is 426 g/mol. The lowest BCUT2D eigenvalue weighted by Crippen LogP contribution is -2.42. The Bertz CT molecular complexity index is 1100. The monoisotopic (exact) mass is 452 g/mol. The Morgan fingerprint density at radius 1 is 1.09 bits per heavy atom. The molecular formula is C25H26F2N4O2. The molecule has 1 saturated heterocycles. The van der Waals surface area contributed by atoms with Crippen LogP contribution >= 0.6 is 0 Å². The Morgan fingerprint density at radius 3 is 2.67 bits per heavy atom. The van der Waals surface area contributed by atoms with Crippen LogP contribution in [0.5, 0.6) is 0 Å². The smallest absolute Gasteiger partial charge is 0.319 e.